The van der Waals surface area contributed by atoms with Crippen molar-refractivity contribution in [1.29, 1.82) is 0 Å². The van der Waals surface area contributed by atoms with Gasteiger partial charge in [0.05, 0.1) is 16.7 Å². The number of carbonyl (C=O) groups is 1. The molecule has 0 unspecified atom stereocenters. The zero-order valence-electron chi connectivity index (χ0n) is 16.6. The van der Waals surface area contributed by atoms with Crippen molar-refractivity contribution in [2.45, 2.75) is 39.7 Å². The van der Waals surface area contributed by atoms with Crippen LogP contribution in [0.5, 0.6) is 11.5 Å². The van der Waals surface area contributed by atoms with Crippen LogP contribution in [0.3, 0.4) is 0 Å². The van der Waals surface area contributed by atoms with Gasteiger partial charge in [0, 0.05) is 5.70 Å². The van der Waals surface area contributed by atoms with E-state index in [2.05, 4.69) is 6.92 Å². The predicted octanol–water partition coefficient (Wildman–Crippen LogP) is 2.39. The van der Waals surface area contributed by atoms with E-state index >= 15 is 0 Å². The van der Waals surface area contributed by atoms with Crippen LogP contribution in [0.1, 0.15) is 45.2 Å². The van der Waals surface area contributed by atoms with E-state index in [4.69, 9.17) is 19.2 Å². The van der Waals surface area contributed by atoms with Gasteiger partial charge >= 0.3 is 5.97 Å². The molecule has 2 aromatic rings. The number of thiazole rings is 1. The molecule has 2 aliphatic heterocycles. The molecule has 1 aromatic heterocycles. The van der Waals surface area contributed by atoms with Crippen LogP contribution >= 0.6 is 11.3 Å². The molecule has 0 aliphatic carbocycles. The average Bonchev–Trinajstić information content (AvgIpc) is 3.30. The van der Waals surface area contributed by atoms with Crippen molar-refractivity contribution in [2.75, 3.05) is 13.4 Å². The van der Waals surface area contributed by atoms with Gasteiger partial charge < -0.3 is 14.2 Å². The second kappa shape index (κ2) is 7.87. The number of esters is 1. The summed E-state index contributed by atoms with van der Waals surface area (Å²) >= 11 is 1.34. The van der Waals surface area contributed by atoms with Crippen molar-refractivity contribution in [1.82, 2.24) is 4.57 Å². The molecule has 0 radical (unpaired) electrons. The Hall–Kier alpha value is -2.87. The number of rotatable bonds is 5. The number of ether oxygens (including phenoxy) is 3. The lowest BCUT2D eigenvalue weighted by atomic mass is 9.96. The van der Waals surface area contributed by atoms with Gasteiger partial charge in [0.1, 0.15) is 6.04 Å². The van der Waals surface area contributed by atoms with Gasteiger partial charge in [-0.15, -0.1) is 0 Å². The highest BCUT2D eigenvalue weighted by atomic mass is 32.1. The molecule has 0 saturated carbocycles. The van der Waals surface area contributed by atoms with E-state index in [-0.39, 0.29) is 19.0 Å². The van der Waals surface area contributed by atoms with Crippen LogP contribution < -0.4 is 24.4 Å². The number of carbonyl (C=O) groups excluding carboxylic acids is 1. The summed E-state index contributed by atoms with van der Waals surface area (Å²) in [6, 6.07) is 4.91. The van der Waals surface area contributed by atoms with E-state index in [1.54, 1.807) is 13.8 Å². The maximum Gasteiger partial charge on any atom is 0.338 e. The lowest BCUT2D eigenvalue weighted by Crippen LogP contribution is -2.35. The highest BCUT2D eigenvalue weighted by Gasteiger charge is 2.32. The largest absolute Gasteiger partial charge is 0.463 e. The Morgan fingerprint density at radius 2 is 2.14 bits per heavy atom. The molecule has 0 spiro atoms. The highest BCUT2D eigenvalue weighted by molar-refractivity contribution is 7.07. The Bertz CT molecular complexity index is 1170. The summed E-state index contributed by atoms with van der Waals surface area (Å²) in [6.07, 6.45) is 3.70. The zero-order valence-corrected chi connectivity index (χ0v) is 17.4. The monoisotopic (exact) mass is 414 g/mol. The van der Waals surface area contributed by atoms with Crippen LogP contribution in [-0.4, -0.2) is 23.9 Å². The third kappa shape index (κ3) is 3.37. The van der Waals surface area contributed by atoms with Gasteiger partial charge in [-0.05, 0) is 38.0 Å². The summed E-state index contributed by atoms with van der Waals surface area (Å²) in [4.78, 5) is 31.1. The van der Waals surface area contributed by atoms with Crippen molar-refractivity contribution >= 4 is 29.1 Å². The van der Waals surface area contributed by atoms with Crippen molar-refractivity contribution < 1.29 is 19.0 Å². The number of unbranched alkanes of at least 4 members (excludes halogenated alkanes) is 1. The second-order valence-electron chi connectivity index (χ2n) is 6.75. The molecule has 152 valence electrons. The molecule has 3 heterocycles. The summed E-state index contributed by atoms with van der Waals surface area (Å²) in [6.45, 7) is 5.99. The lowest BCUT2D eigenvalue weighted by Gasteiger charge is -2.22. The fraction of sp³-hybridized carbons (Fsp3) is 0.381. The summed E-state index contributed by atoms with van der Waals surface area (Å²) in [7, 11) is 0. The number of nitrogens with zero attached hydrogens (tertiary/aromatic N) is 2. The van der Waals surface area contributed by atoms with Gasteiger partial charge in [-0.25, -0.2) is 9.79 Å². The first-order chi connectivity index (χ1) is 14.0. The molecule has 1 atom stereocenters. The number of hydrogen-bond acceptors (Lipinski definition) is 7. The maximum atomic E-state index is 12.9. The molecule has 4 rings (SSSR count). The van der Waals surface area contributed by atoms with Crippen molar-refractivity contribution in [3.63, 3.8) is 0 Å². The van der Waals surface area contributed by atoms with Crippen molar-refractivity contribution in [3.8, 4) is 11.5 Å². The Morgan fingerprint density at radius 3 is 2.90 bits per heavy atom. The molecule has 1 aromatic carbocycles. The van der Waals surface area contributed by atoms with Crippen LogP contribution in [0.4, 0.5) is 0 Å². The van der Waals surface area contributed by atoms with Crippen LogP contribution in [0, 0.1) is 0 Å². The number of fused-ring (bicyclic) bond motifs is 2. The van der Waals surface area contributed by atoms with Gasteiger partial charge in [0.15, 0.2) is 16.3 Å². The predicted molar refractivity (Wildman–Crippen MR) is 110 cm³/mol. The molecule has 0 saturated heterocycles. The smallest absolute Gasteiger partial charge is 0.338 e. The normalized spacial score (nSPS) is 17.9. The summed E-state index contributed by atoms with van der Waals surface area (Å²) in [5, 5.41) is 0. The van der Waals surface area contributed by atoms with Gasteiger partial charge in [0.2, 0.25) is 6.79 Å². The molecule has 0 fully saturated rings. The van der Waals surface area contributed by atoms with Crippen molar-refractivity contribution in [2.24, 2.45) is 4.99 Å². The first kappa shape index (κ1) is 19.4. The lowest BCUT2D eigenvalue weighted by molar-refractivity contribution is -0.138. The van der Waals surface area contributed by atoms with E-state index in [0.29, 0.717) is 32.1 Å². The number of hydrogen-bond donors (Lipinski definition) is 0. The first-order valence-electron chi connectivity index (χ1n) is 9.62. The summed E-state index contributed by atoms with van der Waals surface area (Å²) in [5.41, 5.74) is 1.54. The van der Waals surface area contributed by atoms with Gasteiger partial charge in [-0.3, -0.25) is 9.36 Å². The molecule has 0 N–H and O–H groups in total. The molecule has 7 nitrogen and oxygen atoms in total. The molecule has 2 aliphatic rings. The number of aromatic nitrogens is 1. The van der Waals surface area contributed by atoms with E-state index in [1.807, 2.05) is 24.3 Å². The van der Waals surface area contributed by atoms with Gasteiger partial charge in [-0.1, -0.05) is 36.8 Å². The van der Waals surface area contributed by atoms with Crippen LogP contribution in [0.25, 0.3) is 11.8 Å². The Labute approximate surface area is 171 Å². The first-order valence-corrected chi connectivity index (χ1v) is 10.4. The van der Waals surface area contributed by atoms with Crippen LogP contribution in [0.15, 0.2) is 33.6 Å². The zero-order chi connectivity index (χ0) is 20.5. The molecule has 29 heavy (non-hydrogen) atoms. The minimum absolute atomic E-state index is 0.148. The highest BCUT2D eigenvalue weighted by Crippen LogP contribution is 2.38. The minimum Gasteiger partial charge on any atom is -0.463 e. The third-order valence-corrected chi connectivity index (χ3v) is 5.90. The average molecular weight is 414 g/mol. The van der Waals surface area contributed by atoms with E-state index in [1.165, 1.54) is 15.9 Å². The Kier molecular flexibility index (Phi) is 5.27. The SMILES string of the molecule is CCC/C=c1\sc2n(c1=O)C(C)=C(C(=O)OCC)[C@@H](c1ccc3c(c1)OCO3)N=2. The van der Waals surface area contributed by atoms with E-state index in [9.17, 15) is 9.59 Å². The van der Waals surface area contributed by atoms with Crippen molar-refractivity contribution in [3.05, 3.63) is 49.0 Å². The summed E-state index contributed by atoms with van der Waals surface area (Å²) < 4.78 is 18.3. The fourth-order valence-electron chi connectivity index (χ4n) is 3.45. The second-order valence-corrected chi connectivity index (χ2v) is 7.76. The Balaban J connectivity index is 1.92. The topological polar surface area (TPSA) is 79.1 Å². The number of allylic oxidation sites excluding steroid dienone is 1. The molecule has 0 amide bonds. The molecular formula is C21H22N2O5S. The Morgan fingerprint density at radius 1 is 1.34 bits per heavy atom. The third-order valence-electron chi connectivity index (χ3n) is 4.87. The van der Waals surface area contributed by atoms with Crippen LogP contribution in [0.2, 0.25) is 0 Å². The molecule has 8 heteroatoms. The van der Waals surface area contributed by atoms with E-state index < -0.39 is 12.0 Å². The fourth-order valence-corrected chi connectivity index (χ4v) is 4.50. The summed E-state index contributed by atoms with van der Waals surface area (Å²) in [5.74, 6) is 0.802. The maximum absolute atomic E-state index is 12.9. The standard InChI is InChI=1S/C21H22N2O5S/c1-4-6-7-16-19(24)23-12(3)17(20(25)26-5-2)18(22-21(23)29-16)13-8-9-14-15(10-13)28-11-27-14/h7-10,18H,4-6,11H2,1-3H3/b16-7-/t18-/m1/s1. The van der Waals surface area contributed by atoms with Gasteiger partial charge in [-0.2, -0.15) is 0 Å². The minimum atomic E-state index is -0.583. The molecular weight excluding hydrogens is 392 g/mol. The van der Waals surface area contributed by atoms with Crippen LogP contribution in [-0.2, 0) is 9.53 Å². The van der Waals surface area contributed by atoms with E-state index in [0.717, 1.165) is 18.4 Å². The quantitative estimate of drug-likeness (QED) is 0.702. The molecule has 0 bridgehead atoms. The number of benzene rings is 1. The van der Waals surface area contributed by atoms with Gasteiger partial charge in [0.25, 0.3) is 5.56 Å².